The topological polar surface area (TPSA) is 40.5 Å². The van der Waals surface area contributed by atoms with Crippen LogP contribution in [0, 0.1) is 0 Å². The second-order valence-corrected chi connectivity index (χ2v) is 5.18. The van der Waals surface area contributed by atoms with E-state index in [-0.39, 0.29) is 6.61 Å². The molecule has 0 aliphatic carbocycles. The summed E-state index contributed by atoms with van der Waals surface area (Å²) in [6.07, 6.45) is -0.590. The summed E-state index contributed by atoms with van der Waals surface area (Å²) in [7, 11) is 0. The molecular weight excluding hydrogens is 204 g/mol. The molecule has 0 saturated carbocycles. The minimum atomic E-state index is -0.590. The van der Waals surface area contributed by atoms with Gasteiger partial charge >= 0.3 is 0 Å². The average Bonchev–Trinajstić information content (AvgIpc) is 2.66. The van der Waals surface area contributed by atoms with Crippen molar-refractivity contribution in [3.63, 3.8) is 0 Å². The summed E-state index contributed by atoms with van der Waals surface area (Å²) >= 11 is 3.39. The molecule has 1 aromatic heterocycles. The summed E-state index contributed by atoms with van der Waals surface area (Å²) in [4.78, 5) is 1.31. The van der Waals surface area contributed by atoms with Crippen LogP contribution in [0.1, 0.15) is 17.1 Å². The van der Waals surface area contributed by atoms with E-state index in [9.17, 15) is 0 Å². The van der Waals surface area contributed by atoms with Crippen LogP contribution in [0.4, 0.5) is 0 Å². The summed E-state index contributed by atoms with van der Waals surface area (Å²) in [5.74, 6) is 0.593. The van der Waals surface area contributed by atoms with Crippen molar-refractivity contribution in [1.82, 2.24) is 0 Å². The Morgan fingerprint density at radius 2 is 2.38 bits per heavy atom. The first-order valence-electron chi connectivity index (χ1n) is 4.18. The molecular formula is C9H14O2S2. The second-order valence-electron chi connectivity index (χ2n) is 2.83. The molecule has 1 heterocycles. The third-order valence-corrected chi connectivity index (χ3v) is 4.23. The van der Waals surface area contributed by atoms with Crippen molar-refractivity contribution in [2.75, 3.05) is 12.4 Å². The average molecular weight is 218 g/mol. The molecule has 2 atom stereocenters. The van der Waals surface area contributed by atoms with Gasteiger partial charge in [-0.15, -0.1) is 11.3 Å². The third kappa shape index (κ3) is 3.68. The fraction of sp³-hybridized carbons (Fsp3) is 0.556. The third-order valence-electron chi connectivity index (χ3n) is 1.69. The summed E-state index contributed by atoms with van der Waals surface area (Å²) in [6.45, 7) is 1.96. The summed E-state index contributed by atoms with van der Waals surface area (Å²) in [5.41, 5.74) is 0. The maximum absolute atomic E-state index is 9.14. The normalized spacial score (nSPS) is 15.6. The highest BCUT2D eigenvalue weighted by Gasteiger charge is 2.09. The van der Waals surface area contributed by atoms with Crippen molar-refractivity contribution in [2.45, 2.75) is 18.3 Å². The molecule has 4 heteroatoms. The smallest absolute Gasteiger partial charge is 0.0861 e. The zero-order valence-electron chi connectivity index (χ0n) is 7.51. The molecule has 0 unspecified atom stereocenters. The summed E-state index contributed by atoms with van der Waals surface area (Å²) < 4.78 is 0. The first-order valence-corrected chi connectivity index (χ1v) is 6.10. The fourth-order valence-corrected chi connectivity index (χ4v) is 2.81. The lowest BCUT2D eigenvalue weighted by Crippen LogP contribution is -2.15. The molecule has 0 fully saturated rings. The largest absolute Gasteiger partial charge is 0.394 e. The van der Waals surface area contributed by atoms with Crippen molar-refractivity contribution in [3.05, 3.63) is 22.4 Å². The molecule has 1 aromatic rings. The molecule has 1 rings (SSSR count). The van der Waals surface area contributed by atoms with Crippen molar-refractivity contribution < 1.29 is 10.2 Å². The minimum Gasteiger partial charge on any atom is -0.394 e. The Morgan fingerprint density at radius 1 is 1.62 bits per heavy atom. The van der Waals surface area contributed by atoms with Gasteiger partial charge in [-0.25, -0.2) is 0 Å². The van der Waals surface area contributed by atoms with Gasteiger partial charge in [-0.2, -0.15) is 11.8 Å². The summed E-state index contributed by atoms with van der Waals surface area (Å²) in [6, 6.07) is 4.12. The van der Waals surface area contributed by atoms with Crippen molar-refractivity contribution in [3.8, 4) is 0 Å². The van der Waals surface area contributed by atoms with Gasteiger partial charge in [0, 0.05) is 15.9 Å². The molecule has 0 saturated heterocycles. The predicted octanol–water partition coefficient (Wildman–Crippen LogP) is 1.90. The van der Waals surface area contributed by atoms with Gasteiger partial charge in [0.05, 0.1) is 12.7 Å². The molecule has 13 heavy (non-hydrogen) atoms. The lowest BCUT2D eigenvalue weighted by molar-refractivity contribution is 0.113. The Kier molecular flexibility index (Phi) is 4.80. The number of aliphatic hydroxyl groups excluding tert-OH is 2. The number of thioether (sulfide) groups is 1. The lowest BCUT2D eigenvalue weighted by Gasteiger charge is -2.11. The van der Waals surface area contributed by atoms with Crippen LogP contribution in [0.15, 0.2) is 17.5 Å². The van der Waals surface area contributed by atoms with Gasteiger partial charge in [-0.05, 0) is 18.4 Å². The first kappa shape index (κ1) is 11.0. The second kappa shape index (κ2) is 5.65. The van der Waals surface area contributed by atoms with Crippen LogP contribution in [0.25, 0.3) is 0 Å². The summed E-state index contributed by atoms with van der Waals surface area (Å²) in [5, 5.41) is 20.2. The van der Waals surface area contributed by atoms with E-state index in [2.05, 4.69) is 18.4 Å². The van der Waals surface area contributed by atoms with Crippen LogP contribution in [0.5, 0.6) is 0 Å². The highest BCUT2D eigenvalue weighted by molar-refractivity contribution is 7.99. The Hall–Kier alpha value is -0.0300. The number of hydrogen-bond acceptors (Lipinski definition) is 4. The van der Waals surface area contributed by atoms with Gasteiger partial charge in [0.1, 0.15) is 0 Å². The van der Waals surface area contributed by atoms with E-state index < -0.39 is 6.10 Å². The maximum Gasteiger partial charge on any atom is 0.0861 e. The van der Waals surface area contributed by atoms with Crippen LogP contribution in [-0.2, 0) is 0 Å². The molecule has 0 aliphatic rings. The molecule has 0 aliphatic heterocycles. The van der Waals surface area contributed by atoms with Crippen LogP contribution in [-0.4, -0.2) is 28.7 Å². The highest BCUT2D eigenvalue weighted by atomic mass is 32.2. The highest BCUT2D eigenvalue weighted by Crippen LogP contribution is 2.31. The van der Waals surface area contributed by atoms with Crippen LogP contribution < -0.4 is 0 Å². The van der Waals surface area contributed by atoms with E-state index in [1.807, 2.05) is 6.07 Å². The maximum atomic E-state index is 9.14. The Labute approximate surface area is 86.6 Å². The van der Waals surface area contributed by atoms with E-state index in [0.29, 0.717) is 11.0 Å². The number of aliphatic hydroxyl groups is 2. The molecule has 0 aromatic carbocycles. The molecule has 0 bridgehead atoms. The Morgan fingerprint density at radius 3 is 2.92 bits per heavy atom. The van der Waals surface area contributed by atoms with Crippen LogP contribution in [0.3, 0.4) is 0 Å². The fourth-order valence-electron chi connectivity index (χ4n) is 0.913. The van der Waals surface area contributed by atoms with E-state index in [1.165, 1.54) is 4.88 Å². The zero-order valence-corrected chi connectivity index (χ0v) is 9.14. The molecule has 0 radical (unpaired) electrons. The lowest BCUT2D eigenvalue weighted by atomic mass is 10.4. The van der Waals surface area contributed by atoms with E-state index in [4.69, 9.17) is 10.2 Å². The minimum absolute atomic E-state index is 0.149. The molecule has 2 N–H and O–H groups in total. The zero-order chi connectivity index (χ0) is 9.68. The molecule has 0 spiro atoms. The number of rotatable bonds is 5. The van der Waals surface area contributed by atoms with Gasteiger partial charge < -0.3 is 10.2 Å². The van der Waals surface area contributed by atoms with Gasteiger partial charge in [-0.3, -0.25) is 0 Å². The quantitative estimate of drug-likeness (QED) is 0.793. The monoisotopic (exact) mass is 218 g/mol. The molecule has 2 nitrogen and oxygen atoms in total. The van der Waals surface area contributed by atoms with Gasteiger partial charge in [-0.1, -0.05) is 6.07 Å². The SMILES string of the molecule is C[C@H](SC[C@@H](O)CO)c1cccs1. The van der Waals surface area contributed by atoms with Crippen molar-refractivity contribution >= 4 is 23.1 Å². The predicted molar refractivity (Wildman–Crippen MR) is 58.3 cm³/mol. The Bertz CT molecular complexity index is 224. The van der Waals surface area contributed by atoms with Gasteiger partial charge in [0.15, 0.2) is 0 Å². The van der Waals surface area contributed by atoms with E-state index in [1.54, 1.807) is 23.1 Å². The standard InChI is InChI=1S/C9H14O2S2/c1-7(9-3-2-4-12-9)13-6-8(11)5-10/h2-4,7-8,10-11H,5-6H2,1H3/t7-,8-/m0/s1. The van der Waals surface area contributed by atoms with Crippen LogP contribution in [0.2, 0.25) is 0 Å². The molecule has 74 valence electrons. The first-order chi connectivity index (χ1) is 6.24. The Balaban J connectivity index is 2.30. The van der Waals surface area contributed by atoms with Gasteiger partial charge in [0.2, 0.25) is 0 Å². The van der Waals surface area contributed by atoms with Crippen molar-refractivity contribution in [2.24, 2.45) is 0 Å². The number of thiophene rings is 1. The number of hydrogen-bond donors (Lipinski definition) is 2. The molecule has 0 amide bonds. The van der Waals surface area contributed by atoms with E-state index in [0.717, 1.165) is 0 Å². The van der Waals surface area contributed by atoms with Gasteiger partial charge in [0.25, 0.3) is 0 Å². The van der Waals surface area contributed by atoms with Crippen molar-refractivity contribution in [1.29, 1.82) is 0 Å². The van der Waals surface area contributed by atoms with Crippen LogP contribution >= 0.6 is 23.1 Å². The van der Waals surface area contributed by atoms with E-state index >= 15 is 0 Å².